The van der Waals surface area contributed by atoms with E-state index in [0.717, 1.165) is 6.08 Å². The molecule has 0 unspecified atom stereocenters. The molecule has 30 heavy (non-hydrogen) atoms. The summed E-state index contributed by atoms with van der Waals surface area (Å²) in [6, 6.07) is -0.474. The topological polar surface area (TPSA) is 101 Å². The van der Waals surface area contributed by atoms with Crippen LogP contribution in [0.25, 0.3) is 0 Å². The average molecular weight is 439 g/mol. The van der Waals surface area contributed by atoms with E-state index < -0.39 is 57.9 Å². The van der Waals surface area contributed by atoms with Gasteiger partial charge in [-0.2, -0.15) is 0 Å². The second-order valence-electron chi connectivity index (χ2n) is 9.30. The third-order valence-electron chi connectivity index (χ3n) is 8.16. The lowest BCUT2D eigenvalue weighted by Crippen LogP contribution is -2.70. The number of esters is 1. The van der Waals surface area contributed by atoms with Crippen LogP contribution in [0.4, 0.5) is 4.39 Å². The highest BCUT2D eigenvalue weighted by Crippen LogP contribution is 2.70. The van der Waals surface area contributed by atoms with Crippen LogP contribution in [0.1, 0.15) is 33.1 Å². The van der Waals surface area contributed by atoms with Crippen molar-refractivity contribution in [3.63, 3.8) is 0 Å². The van der Waals surface area contributed by atoms with Crippen LogP contribution >= 0.6 is 11.6 Å². The van der Waals surface area contributed by atoms with Crippen LogP contribution in [-0.2, 0) is 19.1 Å². The molecule has 0 saturated heterocycles. The first-order chi connectivity index (χ1) is 13.9. The number of aliphatic hydroxyl groups is 2. The predicted molar refractivity (Wildman–Crippen MR) is 105 cm³/mol. The molecule has 0 radical (unpaired) electrons. The molecular formula is C22H24ClFO6. The maximum Gasteiger partial charge on any atom is 0.344 e. The zero-order valence-corrected chi connectivity index (χ0v) is 17.5. The maximum absolute atomic E-state index is 16.9. The van der Waals surface area contributed by atoms with Crippen molar-refractivity contribution in [2.24, 2.45) is 22.7 Å². The Labute approximate surface area is 178 Å². The number of ether oxygens (including phenoxy) is 1. The molecule has 0 heterocycles. The van der Waals surface area contributed by atoms with Crippen molar-refractivity contribution in [3.05, 3.63) is 36.0 Å². The van der Waals surface area contributed by atoms with Crippen LogP contribution in [0.5, 0.6) is 0 Å². The third-order valence-corrected chi connectivity index (χ3v) is 8.27. The van der Waals surface area contributed by atoms with Crippen LogP contribution in [-0.4, -0.2) is 51.2 Å². The standard InChI is InChI=1S/C22H24ClFO6/c1-11-6-13-14-8-16(26)15-7-12(25)4-5-19(15,2)21(14,24)17(27)9-20(13,3)22(11,29)18(28)30-10-23/h4-5,7,13-14,17,27,29H,1,6,8-10H2,2-3H3/t13-,14-,17-,19-,20-,21-,22-/m0/s1. The first-order valence-corrected chi connectivity index (χ1v) is 10.4. The van der Waals surface area contributed by atoms with Gasteiger partial charge in [-0.15, -0.1) is 0 Å². The summed E-state index contributed by atoms with van der Waals surface area (Å²) in [5.74, 6) is -3.43. The molecule has 0 spiro atoms. The SMILES string of the molecule is C=C1C[C@H]2[C@@H]3CC(=O)C4=CC(=O)C=C[C@]4(C)[C@@]3(F)[C@@H](O)C[C@]2(C)[C@@]1(O)C(=O)OCCl. The van der Waals surface area contributed by atoms with Gasteiger partial charge < -0.3 is 14.9 Å². The second-order valence-corrected chi connectivity index (χ2v) is 9.52. The number of carbonyl (C=O) groups is 3. The highest BCUT2D eigenvalue weighted by molar-refractivity contribution is 6.17. The Hall–Kier alpha value is -1.83. The van der Waals surface area contributed by atoms with Gasteiger partial charge in [-0.05, 0) is 43.4 Å². The van der Waals surface area contributed by atoms with E-state index in [0.29, 0.717) is 0 Å². The van der Waals surface area contributed by atoms with Gasteiger partial charge in [0.25, 0.3) is 0 Å². The van der Waals surface area contributed by atoms with Gasteiger partial charge in [-0.3, -0.25) is 9.59 Å². The summed E-state index contributed by atoms with van der Waals surface area (Å²) in [5, 5.41) is 22.5. The fourth-order valence-corrected chi connectivity index (χ4v) is 6.63. The van der Waals surface area contributed by atoms with Gasteiger partial charge >= 0.3 is 5.97 Å². The molecular weight excluding hydrogens is 415 g/mol. The summed E-state index contributed by atoms with van der Waals surface area (Å²) in [6.45, 7) is 6.94. The van der Waals surface area contributed by atoms with Crippen molar-refractivity contribution in [1.29, 1.82) is 0 Å². The van der Waals surface area contributed by atoms with E-state index in [1.54, 1.807) is 6.92 Å². The number of halogens is 2. The predicted octanol–water partition coefficient (Wildman–Crippen LogP) is 2.17. The largest absolute Gasteiger partial charge is 0.447 e. The van der Waals surface area contributed by atoms with E-state index in [-0.39, 0.29) is 36.2 Å². The molecule has 162 valence electrons. The van der Waals surface area contributed by atoms with Gasteiger partial charge in [0.1, 0.15) is 0 Å². The Bertz CT molecular complexity index is 942. The zero-order chi connectivity index (χ0) is 22.3. The Morgan fingerprint density at radius 1 is 1.33 bits per heavy atom. The number of aliphatic hydroxyl groups excluding tert-OH is 1. The molecule has 4 rings (SSSR count). The lowest BCUT2D eigenvalue weighted by molar-refractivity contribution is -0.220. The van der Waals surface area contributed by atoms with Gasteiger partial charge in [0, 0.05) is 23.3 Å². The van der Waals surface area contributed by atoms with Crippen LogP contribution in [0.15, 0.2) is 36.0 Å². The van der Waals surface area contributed by atoms with Crippen molar-refractivity contribution in [1.82, 2.24) is 0 Å². The van der Waals surface area contributed by atoms with Crippen LogP contribution < -0.4 is 0 Å². The molecule has 0 aromatic carbocycles. The van der Waals surface area contributed by atoms with E-state index in [9.17, 15) is 24.6 Å². The minimum absolute atomic E-state index is 0.0463. The van der Waals surface area contributed by atoms with Crippen LogP contribution in [0.3, 0.4) is 0 Å². The number of carbonyl (C=O) groups excluding carboxylic acids is 3. The van der Waals surface area contributed by atoms with Gasteiger partial charge in [0.2, 0.25) is 0 Å². The van der Waals surface area contributed by atoms with E-state index in [4.69, 9.17) is 16.3 Å². The smallest absolute Gasteiger partial charge is 0.344 e. The Kier molecular flexibility index (Phi) is 4.52. The monoisotopic (exact) mass is 438 g/mol. The summed E-state index contributed by atoms with van der Waals surface area (Å²) < 4.78 is 21.8. The van der Waals surface area contributed by atoms with Crippen molar-refractivity contribution in [2.45, 2.75) is 50.5 Å². The number of hydrogen-bond acceptors (Lipinski definition) is 6. The highest BCUT2D eigenvalue weighted by Gasteiger charge is 2.76. The Morgan fingerprint density at radius 3 is 2.63 bits per heavy atom. The molecule has 3 saturated carbocycles. The van der Waals surface area contributed by atoms with E-state index >= 15 is 4.39 Å². The first-order valence-electron chi connectivity index (χ1n) is 9.87. The number of allylic oxidation sites excluding steroid dienone is 4. The maximum atomic E-state index is 16.9. The molecule has 7 atom stereocenters. The fraction of sp³-hybridized carbons (Fsp3) is 0.591. The van der Waals surface area contributed by atoms with Gasteiger partial charge in [-0.1, -0.05) is 31.2 Å². The summed E-state index contributed by atoms with van der Waals surface area (Å²) in [4.78, 5) is 37.5. The number of rotatable bonds is 2. The lowest BCUT2D eigenvalue weighted by Gasteiger charge is -2.61. The molecule has 0 aromatic heterocycles. The highest BCUT2D eigenvalue weighted by atomic mass is 35.5. The minimum Gasteiger partial charge on any atom is -0.447 e. The normalized spacial score (nSPS) is 47.3. The molecule has 0 aliphatic heterocycles. The van der Waals surface area contributed by atoms with Crippen LogP contribution in [0.2, 0.25) is 0 Å². The fourth-order valence-electron chi connectivity index (χ4n) is 6.53. The van der Waals surface area contributed by atoms with Crippen molar-refractivity contribution in [2.75, 3.05) is 6.07 Å². The number of fused-ring (bicyclic) bond motifs is 5. The molecule has 4 aliphatic rings. The molecule has 3 fully saturated rings. The van der Waals surface area contributed by atoms with Crippen molar-refractivity contribution in [3.8, 4) is 0 Å². The molecule has 6 nitrogen and oxygen atoms in total. The van der Waals surface area contributed by atoms with E-state index in [1.165, 1.54) is 19.1 Å². The summed E-state index contributed by atoms with van der Waals surface area (Å²) in [7, 11) is 0. The zero-order valence-electron chi connectivity index (χ0n) is 16.8. The third kappa shape index (κ3) is 2.23. The number of Topliss-reactive ketones (excluding diaryl/α,β-unsaturated/α-hetero) is 1. The molecule has 8 heteroatoms. The number of hydrogen-bond donors (Lipinski definition) is 2. The number of alkyl halides is 2. The van der Waals surface area contributed by atoms with Gasteiger partial charge in [0.15, 0.2) is 28.9 Å². The van der Waals surface area contributed by atoms with Crippen molar-refractivity contribution < 1.29 is 33.7 Å². The Morgan fingerprint density at radius 2 is 2.00 bits per heavy atom. The molecule has 4 aliphatic carbocycles. The quantitative estimate of drug-likeness (QED) is 0.389. The number of ketones is 2. The Balaban J connectivity index is 1.86. The summed E-state index contributed by atoms with van der Waals surface area (Å²) in [6.07, 6.45) is 1.70. The van der Waals surface area contributed by atoms with E-state index in [1.807, 2.05) is 0 Å². The van der Waals surface area contributed by atoms with Gasteiger partial charge in [0.05, 0.1) is 11.5 Å². The first kappa shape index (κ1) is 21.4. The average Bonchev–Trinajstić information content (AvgIpc) is 2.88. The molecule has 0 amide bonds. The van der Waals surface area contributed by atoms with Crippen molar-refractivity contribution >= 4 is 29.1 Å². The van der Waals surface area contributed by atoms with Gasteiger partial charge in [-0.25, -0.2) is 9.18 Å². The summed E-state index contributed by atoms with van der Waals surface area (Å²) >= 11 is 5.51. The van der Waals surface area contributed by atoms with E-state index in [2.05, 4.69) is 6.58 Å². The molecule has 2 N–H and O–H groups in total. The lowest BCUT2D eigenvalue weighted by atomic mass is 9.44. The molecule has 0 bridgehead atoms. The van der Waals surface area contributed by atoms with Crippen LogP contribution in [0, 0.1) is 22.7 Å². The summed E-state index contributed by atoms with van der Waals surface area (Å²) in [5.41, 5.74) is -7.04. The minimum atomic E-state index is -2.27. The molecule has 0 aromatic rings. The second kappa shape index (κ2) is 6.34.